The topological polar surface area (TPSA) is 58.2 Å². The van der Waals surface area contributed by atoms with Crippen molar-refractivity contribution in [2.45, 2.75) is 32.2 Å². The number of nitrogens with one attached hydrogen (secondary N) is 2. The molecule has 16 heavy (non-hydrogen) atoms. The van der Waals surface area contributed by atoms with Crippen LogP contribution in [0.3, 0.4) is 0 Å². The lowest BCUT2D eigenvalue weighted by atomic mass is 10.2. The van der Waals surface area contributed by atoms with E-state index >= 15 is 0 Å². The average molecular weight is 266 g/mol. The van der Waals surface area contributed by atoms with E-state index in [0.717, 1.165) is 13.0 Å². The van der Waals surface area contributed by atoms with Crippen LogP contribution in [0.25, 0.3) is 0 Å². The Bertz CT molecular complexity index is 275. The molecule has 1 atom stereocenters. The van der Waals surface area contributed by atoms with Crippen molar-refractivity contribution in [3.63, 3.8) is 0 Å². The molecule has 0 aromatic rings. The summed E-state index contributed by atoms with van der Waals surface area (Å²) in [6, 6.07) is 0.626. The maximum absolute atomic E-state index is 11.1. The zero-order valence-electron chi connectivity index (χ0n) is 9.87. The van der Waals surface area contributed by atoms with E-state index in [1.807, 2.05) is 11.8 Å². The molecule has 2 N–H and O–H groups in total. The van der Waals surface area contributed by atoms with Gasteiger partial charge in [0.05, 0.1) is 5.75 Å². The highest BCUT2D eigenvalue weighted by Crippen LogP contribution is 2.16. The van der Waals surface area contributed by atoms with Crippen molar-refractivity contribution in [3.05, 3.63) is 0 Å². The molecule has 0 aromatic carbocycles. The first kappa shape index (κ1) is 14.3. The van der Waals surface area contributed by atoms with Crippen LogP contribution in [-0.2, 0) is 10.0 Å². The highest BCUT2D eigenvalue weighted by Gasteiger charge is 2.12. The summed E-state index contributed by atoms with van der Waals surface area (Å²) in [5.74, 6) is 2.65. The summed E-state index contributed by atoms with van der Waals surface area (Å²) >= 11 is 2.00. The number of rotatable bonds is 7. The summed E-state index contributed by atoms with van der Waals surface area (Å²) in [6.07, 6.45) is 3.42. The summed E-state index contributed by atoms with van der Waals surface area (Å²) in [5.41, 5.74) is 0. The van der Waals surface area contributed by atoms with Gasteiger partial charge < -0.3 is 5.32 Å². The van der Waals surface area contributed by atoms with Gasteiger partial charge >= 0.3 is 0 Å². The Morgan fingerprint density at radius 2 is 2.19 bits per heavy atom. The molecule has 0 amide bonds. The molecule has 96 valence electrons. The molecule has 1 aliphatic heterocycles. The van der Waals surface area contributed by atoms with Gasteiger partial charge in [-0.2, -0.15) is 11.8 Å². The Morgan fingerprint density at radius 3 is 2.81 bits per heavy atom. The number of thioether (sulfide) groups is 1. The van der Waals surface area contributed by atoms with Crippen molar-refractivity contribution in [1.29, 1.82) is 0 Å². The minimum absolute atomic E-state index is 0.166. The largest absolute Gasteiger partial charge is 0.313 e. The minimum atomic E-state index is -3.01. The molecule has 0 aliphatic carbocycles. The van der Waals surface area contributed by atoms with Crippen LogP contribution in [0.5, 0.6) is 0 Å². The van der Waals surface area contributed by atoms with Gasteiger partial charge in [0.25, 0.3) is 0 Å². The fraction of sp³-hybridized carbons (Fsp3) is 1.00. The Morgan fingerprint density at radius 1 is 1.38 bits per heavy atom. The fourth-order valence-corrected chi connectivity index (χ4v) is 3.39. The quantitative estimate of drug-likeness (QED) is 0.669. The molecule has 4 nitrogen and oxygen atoms in total. The van der Waals surface area contributed by atoms with E-state index in [4.69, 9.17) is 0 Å². The third-order valence-electron chi connectivity index (χ3n) is 2.65. The second kappa shape index (κ2) is 7.53. The van der Waals surface area contributed by atoms with Crippen LogP contribution < -0.4 is 10.0 Å². The molecule has 6 heteroatoms. The van der Waals surface area contributed by atoms with Gasteiger partial charge in [0.1, 0.15) is 0 Å². The first-order chi connectivity index (χ1) is 7.64. The van der Waals surface area contributed by atoms with Crippen LogP contribution in [-0.4, -0.2) is 44.8 Å². The van der Waals surface area contributed by atoms with Crippen molar-refractivity contribution in [2.75, 3.05) is 30.3 Å². The van der Waals surface area contributed by atoms with Crippen LogP contribution in [0, 0.1) is 0 Å². The van der Waals surface area contributed by atoms with Gasteiger partial charge in [-0.25, -0.2) is 13.1 Å². The SMILES string of the molecule is CCS(=O)(=O)NCCCNC1CCCSC1. The van der Waals surface area contributed by atoms with Crippen molar-refractivity contribution >= 4 is 21.8 Å². The molecule has 1 unspecified atom stereocenters. The molecule has 0 aromatic heterocycles. The predicted octanol–water partition coefficient (Wildman–Crippen LogP) is 0.801. The highest BCUT2D eigenvalue weighted by atomic mass is 32.2. The average Bonchev–Trinajstić information content (AvgIpc) is 2.30. The highest BCUT2D eigenvalue weighted by molar-refractivity contribution is 7.99. The molecular weight excluding hydrogens is 244 g/mol. The molecular formula is C10H22N2O2S2. The maximum atomic E-state index is 11.1. The molecule has 0 spiro atoms. The molecule has 0 saturated carbocycles. The second-order valence-corrected chi connectivity index (χ2v) is 7.26. The molecule has 0 bridgehead atoms. The summed E-state index contributed by atoms with van der Waals surface area (Å²) in [4.78, 5) is 0. The lowest BCUT2D eigenvalue weighted by Crippen LogP contribution is -2.36. The predicted molar refractivity (Wildman–Crippen MR) is 70.4 cm³/mol. The van der Waals surface area contributed by atoms with E-state index in [0.29, 0.717) is 12.6 Å². The molecule has 1 heterocycles. The van der Waals surface area contributed by atoms with E-state index in [1.54, 1.807) is 6.92 Å². The first-order valence-electron chi connectivity index (χ1n) is 5.92. The zero-order chi connectivity index (χ0) is 11.9. The van der Waals surface area contributed by atoms with Crippen molar-refractivity contribution in [3.8, 4) is 0 Å². The minimum Gasteiger partial charge on any atom is -0.313 e. The molecule has 0 radical (unpaired) electrons. The van der Waals surface area contributed by atoms with Crippen LogP contribution in [0.2, 0.25) is 0 Å². The Balaban J connectivity index is 1.99. The van der Waals surface area contributed by atoms with Crippen molar-refractivity contribution in [2.24, 2.45) is 0 Å². The number of hydrogen-bond donors (Lipinski definition) is 2. The van der Waals surface area contributed by atoms with E-state index in [1.165, 1.54) is 24.3 Å². The zero-order valence-corrected chi connectivity index (χ0v) is 11.5. The van der Waals surface area contributed by atoms with E-state index in [2.05, 4.69) is 10.0 Å². The van der Waals surface area contributed by atoms with Gasteiger partial charge in [0.15, 0.2) is 0 Å². The van der Waals surface area contributed by atoms with Crippen molar-refractivity contribution < 1.29 is 8.42 Å². The van der Waals surface area contributed by atoms with Gasteiger partial charge in [0.2, 0.25) is 10.0 Å². The standard InChI is InChI=1S/C10H22N2O2S2/c1-2-16(13,14)12-7-4-6-11-10-5-3-8-15-9-10/h10-12H,2-9H2,1H3. The summed E-state index contributed by atoms with van der Waals surface area (Å²) in [5, 5.41) is 3.47. The van der Waals surface area contributed by atoms with Gasteiger partial charge in [0, 0.05) is 18.3 Å². The van der Waals surface area contributed by atoms with Crippen molar-refractivity contribution in [1.82, 2.24) is 10.0 Å². The third-order valence-corrected chi connectivity index (χ3v) is 5.27. The molecule has 1 aliphatic rings. The number of hydrogen-bond acceptors (Lipinski definition) is 4. The van der Waals surface area contributed by atoms with Crippen LogP contribution >= 0.6 is 11.8 Å². The van der Waals surface area contributed by atoms with Gasteiger partial charge in [-0.15, -0.1) is 0 Å². The number of sulfonamides is 1. The molecule has 1 saturated heterocycles. The summed E-state index contributed by atoms with van der Waals surface area (Å²) < 4.78 is 24.8. The smallest absolute Gasteiger partial charge is 0.211 e. The molecule has 1 fully saturated rings. The second-order valence-electron chi connectivity index (χ2n) is 4.02. The van der Waals surface area contributed by atoms with Crippen LogP contribution in [0.15, 0.2) is 0 Å². The monoisotopic (exact) mass is 266 g/mol. The van der Waals surface area contributed by atoms with E-state index < -0.39 is 10.0 Å². The lowest BCUT2D eigenvalue weighted by molar-refractivity contribution is 0.498. The lowest BCUT2D eigenvalue weighted by Gasteiger charge is -2.22. The van der Waals surface area contributed by atoms with Crippen LogP contribution in [0.4, 0.5) is 0 Å². The Kier molecular flexibility index (Phi) is 6.72. The Hall–Kier alpha value is 0.220. The normalized spacial score (nSPS) is 22.2. The van der Waals surface area contributed by atoms with Gasteiger partial charge in [-0.3, -0.25) is 0 Å². The maximum Gasteiger partial charge on any atom is 0.211 e. The third kappa shape index (κ3) is 6.08. The van der Waals surface area contributed by atoms with E-state index in [-0.39, 0.29) is 5.75 Å². The first-order valence-corrected chi connectivity index (χ1v) is 8.73. The fourth-order valence-electron chi connectivity index (χ4n) is 1.63. The van der Waals surface area contributed by atoms with E-state index in [9.17, 15) is 8.42 Å². The van der Waals surface area contributed by atoms with Crippen LogP contribution in [0.1, 0.15) is 26.2 Å². The summed E-state index contributed by atoms with van der Waals surface area (Å²) in [6.45, 7) is 3.10. The Labute approximate surface area is 103 Å². The summed E-state index contributed by atoms with van der Waals surface area (Å²) in [7, 11) is -3.01. The van der Waals surface area contributed by atoms with Gasteiger partial charge in [-0.1, -0.05) is 0 Å². The van der Waals surface area contributed by atoms with Gasteiger partial charge in [-0.05, 0) is 38.5 Å². The molecule has 1 rings (SSSR count).